The number of amides is 1. The molecule has 3 aromatic rings. The fourth-order valence-corrected chi connectivity index (χ4v) is 4.73. The summed E-state index contributed by atoms with van der Waals surface area (Å²) in [6.45, 7) is 4.95. The van der Waals surface area contributed by atoms with E-state index in [1.165, 1.54) is 23.9 Å². The Morgan fingerprint density at radius 2 is 1.74 bits per heavy atom. The number of methoxy groups -OCH3 is 1. The van der Waals surface area contributed by atoms with Gasteiger partial charge in [-0.25, -0.2) is 4.99 Å². The van der Waals surface area contributed by atoms with Gasteiger partial charge in [0.1, 0.15) is 12.4 Å². The lowest BCUT2D eigenvalue weighted by Gasteiger charge is -2.13. The Kier molecular flexibility index (Phi) is 8.65. The van der Waals surface area contributed by atoms with Crippen LogP contribution in [0.4, 0.5) is 11.4 Å². The van der Waals surface area contributed by atoms with Crippen LogP contribution in [-0.4, -0.2) is 41.2 Å². The molecule has 0 bridgehead atoms. The first-order valence-electron chi connectivity index (χ1n) is 12.0. The molecule has 10 heteroatoms. The van der Waals surface area contributed by atoms with Gasteiger partial charge in [-0.3, -0.25) is 19.8 Å². The second-order valence-corrected chi connectivity index (χ2v) is 9.11. The molecule has 1 saturated heterocycles. The maximum Gasteiger partial charge on any atom is 0.269 e. The number of ether oxygens (including phenoxy) is 3. The molecule has 9 nitrogen and oxygen atoms in total. The number of likely N-dealkylation sites (N-methyl/N-ethyl adjacent to an activating group) is 1. The van der Waals surface area contributed by atoms with E-state index in [4.69, 9.17) is 14.2 Å². The summed E-state index contributed by atoms with van der Waals surface area (Å²) < 4.78 is 16.9. The molecule has 1 aliphatic heterocycles. The van der Waals surface area contributed by atoms with Crippen LogP contribution in [0.25, 0.3) is 6.08 Å². The Morgan fingerprint density at radius 1 is 1.00 bits per heavy atom. The number of aliphatic imine (C=N–C) groups is 1. The third-order valence-electron chi connectivity index (χ3n) is 5.61. The van der Waals surface area contributed by atoms with Crippen LogP contribution in [-0.2, 0) is 11.4 Å². The van der Waals surface area contributed by atoms with Crippen LogP contribution in [0.15, 0.2) is 76.6 Å². The average Bonchev–Trinajstić information content (AvgIpc) is 3.22. The summed E-state index contributed by atoms with van der Waals surface area (Å²) in [7, 11) is 1.61. The predicted octanol–water partition coefficient (Wildman–Crippen LogP) is 6.21. The molecule has 0 unspecified atom stereocenters. The highest BCUT2D eigenvalue weighted by Crippen LogP contribution is 2.36. The molecule has 0 aromatic heterocycles. The Bertz CT molecular complexity index is 1370. The first-order valence-corrected chi connectivity index (χ1v) is 12.8. The third-order valence-corrected chi connectivity index (χ3v) is 6.61. The Balaban J connectivity index is 1.53. The standard InChI is InChI=1S/C28H27N3O6S/c1-4-30-27(32)26(38-28(30)29-21-9-13-23(35-3)14-10-21)17-20-8-15-24(25(16-20)36-5-2)37-18-19-6-11-22(12-7-19)31(33)34/h6-17H,4-5,18H2,1-3H3/b26-17+,29-28?. The monoisotopic (exact) mass is 533 g/mol. The van der Waals surface area contributed by atoms with Gasteiger partial charge < -0.3 is 14.2 Å². The van der Waals surface area contributed by atoms with E-state index in [0.29, 0.717) is 34.7 Å². The molecule has 1 amide bonds. The lowest BCUT2D eigenvalue weighted by Crippen LogP contribution is -2.28. The van der Waals surface area contributed by atoms with Crippen molar-refractivity contribution in [2.45, 2.75) is 20.5 Å². The number of carbonyl (C=O) groups excluding carboxylic acids is 1. The summed E-state index contributed by atoms with van der Waals surface area (Å²) in [5, 5.41) is 11.5. The van der Waals surface area contributed by atoms with Crippen molar-refractivity contribution in [2.75, 3.05) is 20.3 Å². The molecule has 0 saturated carbocycles. The summed E-state index contributed by atoms with van der Waals surface area (Å²) in [6, 6.07) is 19.0. The van der Waals surface area contributed by atoms with Gasteiger partial charge >= 0.3 is 0 Å². The molecule has 1 fully saturated rings. The topological polar surface area (TPSA) is 104 Å². The van der Waals surface area contributed by atoms with Crippen LogP contribution in [0, 0.1) is 10.1 Å². The van der Waals surface area contributed by atoms with Crippen LogP contribution in [0.3, 0.4) is 0 Å². The molecule has 1 heterocycles. The summed E-state index contributed by atoms with van der Waals surface area (Å²) in [5.41, 5.74) is 2.34. The molecular weight excluding hydrogens is 506 g/mol. The van der Waals surface area contributed by atoms with Gasteiger partial charge in [0.05, 0.1) is 29.2 Å². The van der Waals surface area contributed by atoms with Crippen LogP contribution in [0.2, 0.25) is 0 Å². The number of nitro benzene ring substituents is 1. The zero-order valence-corrected chi connectivity index (χ0v) is 22.1. The van der Waals surface area contributed by atoms with Gasteiger partial charge in [-0.1, -0.05) is 6.07 Å². The van der Waals surface area contributed by atoms with Crippen LogP contribution in [0.1, 0.15) is 25.0 Å². The van der Waals surface area contributed by atoms with E-state index in [2.05, 4.69) is 4.99 Å². The number of nitro groups is 1. The van der Waals surface area contributed by atoms with Gasteiger partial charge in [-0.05, 0) is 91.3 Å². The molecule has 38 heavy (non-hydrogen) atoms. The van der Waals surface area contributed by atoms with Crippen molar-refractivity contribution in [3.05, 3.63) is 92.9 Å². The molecule has 0 N–H and O–H groups in total. The highest BCUT2D eigenvalue weighted by molar-refractivity contribution is 8.18. The maximum atomic E-state index is 13.1. The molecule has 3 aromatic carbocycles. The summed E-state index contributed by atoms with van der Waals surface area (Å²) in [5.74, 6) is 1.71. The van der Waals surface area contributed by atoms with Crippen molar-refractivity contribution >= 4 is 40.3 Å². The van der Waals surface area contributed by atoms with Gasteiger partial charge in [0.25, 0.3) is 11.6 Å². The Morgan fingerprint density at radius 3 is 2.37 bits per heavy atom. The van der Waals surface area contributed by atoms with E-state index < -0.39 is 4.92 Å². The number of amidine groups is 1. The van der Waals surface area contributed by atoms with Gasteiger partial charge in [0.15, 0.2) is 16.7 Å². The normalized spacial score (nSPS) is 15.2. The SMILES string of the molecule is CCOc1cc(/C=C2/SC(=Nc3ccc(OC)cc3)N(CC)C2=O)ccc1OCc1ccc([N+](=O)[O-])cc1. The first-order chi connectivity index (χ1) is 18.4. The average molecular weight is 534 g/mol. The smallest absolute Gasteiger partial charge is 0.269 e. The highest BCUT2D eigenvalue weighted by atomic mass is 32.2. The minimum atomic E-state index is -0.438. The molecule has 4 rings (SSSR count). The van der Waals surface area contributed by atoms with Gasteiger partial charge in [-0.15, -0.1) is 0 Å². The van der Waals surface area contributed by atoms with Crippen molar-refractivity contribution in [1.82, 2.24) is 4.90 Å². The quantitative estimate of drug-likeness (QED) is 0.173. The highest BCUT2D eigenvalue weighted by Gasteiger charge is 2.32. The number of benzene rings is 3. The van der Waals surface area contributed by atoms with Crippen molar-refractivity contribution in [2.24, 2.45) is 4.99 Å². The summed E-state index contributed by atoms with van der Waals surface area (Å²) in [4.78, 5) is 30.4. The molecule has 0 radical (unpaired) electrons. The minimum absolute atomic E-state index is 0.0271. The van der Waals surface area contributed by atoms with Crippen molar-refractivity contribution < 1.29 is 23.9 Å². The largest absolute Gasteiger partial charge is 0.497 e. The molecule has 0 aliphatic carbocycles. The lowest BCUT2D eigenvalue weighted by atomic mass is 10.1. The van der Waals surface area contributed by atoms with Crippen LogP contribution >= 0.6 is 11.8 Å². The minimum Gasteiger partial charge on any atom is -0.497 e. The predicted molar refractivity (Wildman–Crippen MR) is 148 cm³/mol. The molecule has 1 aliphatic rings. The summed E-state index contributed by atoms with van der Waals surface area (Å²) >= 11 is 1.32. The van der Waals surface area contributed by atoms with E-state index in [1.807, 2.05) is 56.3 Å². The second kappa shape index (κ2) is 12.3. The zero-order valence-electron chi connectivity index (χ0n) is 21.2. The number of hydrogen-bond donors (Lipinski definition) is 0. The van der Waals surface area contributed by atoms with Crippen LogP contribution in [0.5, 0.6) is 17.2 Å². The number of non-ortho nitro benzene ring substituents is 1. The third kappa shape index (κ3) is 6.33. The van der Waals surface area contributed by atoms with Crippen molar-refractivity contribution in [3.63, 3.8) is 0 Å². The summed E-state index contributed by atoms with van der Waals surface area (Å²) in [6.07, 6.45) is 1.81. The van der Waals surface area contributed by atoms with E-state index in [0.717, 1.165) is 22.6 Å². The zero-order chi connectivity index (χ0) is 27.1. The van der Waals surface area contributed by atoms with E-state index in [9.17, 15) is 14.9 Å². The maximum absolute atomic E-state index is 13.1. The number of hydrogen-bond acceptors (Lipinski definition) is 8. The fraction of sp³-hybridized carbons (Fsp3) is 0.214. The molecule has 0 spiro atoms. The number of rotatable bonds is 10. The number of carbonyl (C=O) groups is 1. The number of nitrogens with zero attached hydrogens (tertiary/aromatic N) is 3. The molecular formula is C28H27N3O6S. The molecule has 0 atom stereocenters. The Labute approximate surface area is 224 Å². The number of thioether (sulfide) groups is 1. The van der Waals surface area contributed by atoms with Gasteiger partial charge in [-0.2, -0.15) is 0 Å². The van der Waals surface area contributed by atoms with E-state index in [1.54, 1.807) is 30.2 Å². The van der Waals surface area contributed by atoms with Gasteiger partial charge in [0, 0.05) is 18.7 Å². The van der Waals surface area contributed by atoms with E-state index in [-0.39, 0.29) is 18.2 Å². The van der Waals surface area contributed by atoms with Crippen molar-refractivity contribution in [1.29, 1.82) is 0 Å². The van der Waals surface area contributed by atoms with Crippen molar-refractivity contribution in [3.8, 4) is 17.2 Å². The fourth-order valence-electron chi connectivity index (χ4n) is 3.67. The van der Waals surface area contributed by atoms with Gasteiger partial charge in [0.2, 0.25) is 0 Å². The van der Waals surface area contributed by atoms with Crippen LogP contribution < -0.4 is 14.2 Å². The lowest BCUT2D eigenvalue weighted by molar-refractivity contribution is -0.384. The second-order valence-electron chi connectivity index (χ2n) is 8.10. The van der Waals surface area contributed by atoms with E-state index >= 15 is 0 Å². The first kappa shape index (κ1) is 26.7. The molecule has 196 valence electrons. The Hall–Kier alpha value is -4.31.